The molecule has 0 aliphatic rings. The van der Waals surface area contributed by atoms with E-state index in [4.69, 9.17) is 4.74 Å². The van der Waals surface area contributed by atoms with E-state index in [1.54, 1.807) is 0 Å². The lowest BCUT2D eigenvalue weighted by molar-refractivity contribution is 0.239. The molecule has 0 aromatic carbocycles. The summed E-state index contributed by atoms with van der Waals surface area (Å²) in [6.45, 7) is 12.4. The fraction of sp³-hybridized carbons (Fsp3) is 0.688. The highest BCUT2D eigenvalue weighted by molar-refractivity contribution is 5.19. The lowest BCUT2D eigenvalue weighted by Gasteiger charge is -2.20. The molecule has 0 atom stereocenters. The maximum Gasteiger partial charge on any atom is 0.137 e. The summed E-state index contributed by atoms with van der Waals surface area (Å²) in [6, 6.07) is 4.04. The predicted octanol–water partition coefficient (Wildman–Crippen LogP) is 3.78. The Hall–Kier alpha value is -1.09. The SMILES string of the molecule is CCC(CC)COc1ccc(CNC(C)(C)C)nc1. The lowest BCUT2D eigenvalue weighted by atomic mass is 10.1. The van der Waals surface area contributed by atoms with Gasteiger partial charge in [0.15, 0.2) is 0 Å². The van der Waals surface area contributed by atoms with Gasteiger partial charge in [0.25, 0.3) is 0 Å². The number of ether oxygens (including phenoxy) is 1. The van der Waals surface area contributed by atoms with Gasteiger partial charge < -0.3 is 10.1 Å². The molecule has 19 heavy (non-hydrogen) atoms. The van der Waals surface area contributed by atoms with Crippen LogP contribution < -0.4 is 10.1 Å². The highest BCUT2D eigenvalue weighted by atomic mass is 16.5. The van der Waals surface area contributed by atoms with Gasteiger partial charge in [-0.1, -0.05) is 26.7 Å². The third kappa shape index (κ3) is 6.58. The van der Waals surface area contributed by atoms with E-state index in [1.165, 1.54) is 0 Å². The van der Waals surface area contributed by atoms with Crippen LogP contribution in [0.25, 0.3) is 0 Å². The first kappa shape index (κ1) is 16.0. The molecule has 1 rings (SSSR count). The molecule has 0 fully saturated rings. The van der Waals surface area contributed by atoms with Gasteiger partial charge in [0.05, 0.1) is 18.5 Å². The van der Waals surface area contributed by atoms with Crippen LogP contribution in [-0.4, -0.2) is 17.1 Å². The second-order valence-electron chi connectivity index (χ2n) is 6.08. The normalized spacial score (nSPS) is 11.9. The van der Waals surface area contributed by atoms with Crippen molar-refractivity contribution in [3.63, 3.8) is 0 Å². The van der Waals surface area contributed by atoms with E-state index >= 15 is 0 Å². The lowest BCUT2D eigenvalue weighted by Crippen LogP contribution is -2.35. The molecule has 0 unspecified atom stereocenters. The van der Waals surface area contributed by atoms with Crippen LogP contribution in [0.4, 0.5) is 0 Å². The predicted molar refractivity (Wildman–Crippen MR) is 80.4 cm³/mol. The summed E-state index contributed by atoms with van der Waals surface area (Å²) >= 11 is 0. The molecule has 0 spiro atoms. The Balaban J connectivity index is 2.43. The van der Waals surface area contributed by atoms with Crippen molar-refractivity contribution < 1.29 is 4.74 Å². The zero-order valence-electron chi connectivity index (χ0n) is 13.0. The van der Waals surface area contributed by atoms with Gasteiger partial charge in [-0.2, -0.15) is 0 Å². The van der Waals surface area contributed by atoms with Crippen LogP contribution in [-0.2, 0) is 6.54 Å². The summed E-state index contributed by atoms with van der Waals surface area (Å²) in [7, 11) is 0. The molecule has 0 radical (unpaired) electrons. The van der Waals surface area contributed by atoms with Crippen molar-refractivity contribution in [3.8, 4) is 5.75 Å². The van der Waals surface area contributed by atoms with E-state index in [1.807, 2.05) is 18.3 Å². The second kappa shape index (κ2) is 7.49. The first-order valence-electron chi connectivity index (χ1n) is 7.27. The van der Waals surface area contributed by atoms with Gasteiger partial charge in [0.2, 0.25) is 0 Å². The molecular weight excluding hydrogens is 236 g/mol. The molecule has 0 bridgehead atoms. The van der Waals surface area contributed by atoms with E-state index in [0.717, 1.165) is 37.4 Å². The third-order valence-corrected chi connectivity index (χ3v) is 3.24. The largest absolute Gasteiger partial charge is 0.492 e. The molecule has 0 amide bonds. The summed E-state index contributed by atoms with van der Waals surface area (Å²) in [4.78, 5) is 4.42. The molecular formula is C16H28N2O. The monoisotopic (exact) mass is 264 g/mol. The fourth-order valence-corrected chi connectivity index (χ4v) is 1.70. The number of pyridine rings is 1. The van der Waals surface area contributed by atoms with Crippen LogP contribution in [0.5, 0.6) is 5.75 Å². The second-order valence-corrected chi connectivity index (χ2v) is 6.08. The first-order valence-corrected chi connectivity index (χ1v) is 7.27. The maximum absolute atomic E-state index is 5.77. The molecule has 0 saturated heterocycles. The van der Waals surface area contributed by atoms with Crippen LogP contribution in [0.15, 0.2) is 18.3 Å². The van der Waals surface area contributed by atoms with Gasteiger partial charge in [-0.05, 0) is 38.8 Å². The van der Waals surface area contributed by atoms with E-state index < -0.39 is 0 Å². The van der Waals surface area contributed by atoms with E-state index in [-0.39, 0.29) is 5.54 Å². The van der Waals surface area contributed by atoms with Crippen molar-refractivity contribution in [2.45, 2.75) is 59.5 Å². The smallest absolute Gasteiger partial charge is 0.137 e. The molecule has 1 N–H and O–H groups in total. The maximum atomic E-state index is 5.77. The van der Waals surface area contributed by atoms with E-state index in [2.05, 4.69) is 44.9 Å². The van der Waals surface area contributed by atoms with Crippen molar-refractivity contribution in [2.24, 2.45) is 5.92 Å². The number of nitrogens with one attached hydrogen (secondary N) is 1. The van der Waals surface area contributed by atoms with Crippen molar-refractivity contribution in [3.05, 3.63) is 24.0 Å². The highest BCUT2D eigenvalue weighted by Gasteiger charge is 2.09. The van der Waals surface area contributed by atoms with Crippen LogP contribution in [0.3, 0.4) is 0 Å². The summed E-state index contributed by atoms with van der Waals surface area (Å²) < 4.78 is 5.77. The Kier molecular flexibility index (Phi) is 6.29. The minimum atomic E-state index is 0.117. The Bertz CT molecular complexity index is 350. The van der Waals surface area contributed by atoms with Gasteiger partial charge >= 0.3 is 0 Å². The standard InChI is InChI=1S/C16H28N2O/c1-6-13(7-2)12-19-15-9-8-14(17-11-15)10-18-16(3,4)5/h8-9,11,13,18H,6-7,10,12H2,1-5H3. The number of hydrogen-bond acceptors (Lipinski definition) is 3. The number of hydrogen-bond donors (Lipinski definition) is 1. The summed E-state index contributed by atoms with van der Waals surface area (Å²) in [6.07, 6.45) is 4.15. The number of rotatable bonds is 7. The average Bonchev–Trinajstić information content (AvgIpc) is 2.38. The highest BCUT2D eigenvalue weighted by Crippen LogP contribution is 2.14. The third-order valence-electron chi connectivity index (χ3n) is 3.24. The van der Waals surface area contributed by atoms with Crippen molar-refractivity contribution in [1.82, 2.24) is 10.3 Å². The van der Waals surface area contributed by atoms with Gasteiger partial charge in [-0.25, -0.2) is 0 Å². The summed E-state index contributed by atoms with van der Waals surface area (Å²) in [5, 5.41) is 3.42. The molecule has 0 aliphatic carbocycles. The van der Waals surface area contributed by atoms with Crippen LogP contribution >= 0.6 is 0 Å². The zero-order chi connectivity index (χ0) is 14.3. The molecule has 0 saturated carbocycles. The number of aromatic nitrogens is 1. The van der Waals surface area contributed by atoms with Gasteiger partial charge in [0, 0.05) is 12.1 Å². The molecule has 1 aromatic rings. The summed E-state index contributed by atoms with van der Waals surface area (Å²) in [5.41, 5.74) is 1.16. The van der Waals surface area contributed by atoms with Crippen LogP contribution in [0.1, 0.15) is 53.2 Å². The van der Waals surface area contributed by atoms with Gasteiger partial charge in [-0.15, -0.1) is 0 Å². The zero-order valence-corrected chi connectivity index (χ0v) is 13.0. The molecule has 1 heterocycles. The van der Waals surface area contributed by atoms with Crippen LogP contribution in [0.2, 0.25) is 0 Å². The van der Waals surface area contributed by atoms with Crippen LogP contribution in [0, 0.1) is 5.92 Å². The number of nitrogens with zero attached hydrogens (tertiary/aromatic N) is 1. The Morgan fingerprint density at radius 1 is 1.21 bits per heavy atom. The van der Waals surface area contributed by atoms with Crippen molar-refractivity contribution >= 4 is 0 Å². The first-order chi connectivity index (χ1) is 8.94. The van der Waals surface area contributed by atoms with E-state index in [0.29, 0.717) is 5.92 Å². The Labute approximate surface area is 117 Å². The minimum Gasteiger partial charge on any atom is -0.492 e. The van der Waals surface area contributed by atoms with Gasteiger partial charge in [0.1, 0.15) is 5.75 Å². The molecule has 0 aliphatic heterocycles. The topological polar surface area (TPSA) is 34.1 Å². The van der Waals surface area contributed by atoms with Crippen molar-refractivity contribution in [1.29, 1.82) is 0 Å². The fourth-order valence-electron chi connectivity index (χ4n) is 1.70. The minimum absolute atomic E-state index is 0.117. The molecule has 108 valence electrons. The molecule has 3 nitrogen and oxygen atoms in total. The molecule has 3 heteroatoms. The quantitative estimate of drug-likeness (QED) is 0.813. The molecule has 1 aromatic heterocycles. The van der Waals surface area contributed by atoms with E-state index in [9.17, 15) is 0 Å². The van der Waals surface area contributed by atoms with Crippen molar-refractivity contribution in [2.75, 3.05) is 6.61 Å². The van der Waals surface area contributed by atoms with Gasteiger partial charge in [-0.3, -0.25) is 4.98 Å². The summed E-state index contributed by atoms with van der Waals surface area (Å²) in [5.74, 6) is 1.51. The Morgan fingerprint density at radius 3 is 2.37 bits per heavy atom. The average molecular weight is 264 g/mol. The Morgan fingerprint density at radius 2 is 1.89 bits per heavy atom.